The molecular weight excluding hydrogens is 342 g/mol. The summed E-state index contributed by atoms with van der Waals surface area (Å²) in [4.78, 5) is 22.5. The SMILES string of the molecule is Cn1ccc2c(NC(=O)/C=C/c3ccc(Cl)c([N+](=O)[O-])c3)cccc21. The van der Waals surface area contributed by atoms with E-state index in [0.29, 0.717) is 11.3 Å². The van der Waals surface area contributed by atoms with Crippen molar-refractivity contribution in [3.8, 4) is 0 Å². The van der Waals surface area contributed by atoms with Gasteiger partial charge in [-0.1, -0.05) is 23.7 Å². The maximum absolute atomic E-state index is 12.2. The zero-order valence-electron chi connectivity index (χ0n) is 13.3. The van der Waals surface area contributed by atoms with Crippen LogP contribution in [0.15, 0.2) is 54.7 Å². The molecule has 0 atom stereocenters. The monoisotopic (exact) mass is 355 g/mol. The van der Waals surface area contributed by atoms with Gasteiger partial charge in [-0.15, -0.1) is 0 Å². The number of nitro groups is 1. The van der Waals surface area contributed by atoms with Crippen LogP contribution in [0.2, 0.25) is 5.02 Å². The van der Waals surface area contributed by atoms with E-state index in [2.05, 4.69) is 5.32 Å². The summed E-state index contributed by atoms with van der Waals surface area (Å²) in [5.74, 6) is -0.325. The van der Waals surface area contributed by atoms with E-state index in [1.807, 2.05) is 42.1 Å². The number of carbonyl (C=O) groups is 1. The van der Waals surface area contributed by atoms with Crippen LogP contribution in [-0.4, -0.2) is 15.4 Å². The van der Waals surface area contributed by atoms with Crippen LogP contribution in [0.25, 0.3) is 17.0 Å². The molecule has 3 aromatic rings. The number of aryl methyl sites for hydroxylation is 1. The fraction of sp³-hybridized carbons (Fsp3) is 0.0556. The molecule has 0 fully saturated rings. The van der Waals surface area contributed by atoms with E-state index >= 15 is 0 Å². The number of fused-ring (bicyclic) bond motifs is 1. The molecule has 0 saturated heterocycles. The lowest BCUT2D eigenvalue weighted by atomic mass is 10.2. The Morgan fingerprint density at radius 3 is 2.84 bits per heavy atom. The minimum atomic E-state index is -0.560. The van der Waals surface area contributed by atoms with Gasteiger partial charge in [0.2, 0.25) is 5.91 Å². The number of hydrogen-bond donors (Lipinski definition) is 1. The summed E-state index contributed by atoms with van der Waals surface area (Å²) in [6, 6.07) is 11.9. The molecule has 0 saturated carbocycles. The van der Waals surface area contributed by atoms with Gasteiger partial charge in [0.05, 0.1) is 10.6 Å². The van der Waals surface area contributed by atoms with Crippen LogP contribution in [0.5, 0.6) is 0 Å². The fourth-order valence-electron chi connectivity index (χ4n) is 2.53. The molecular formula is C18H14ClN3O3. The predicted molar refractivity (Wildman–Crippen MR) is 98.7 cm³/mol. The number of nitro benzene ring substituents is 1. The molecule has 0 radical (unpaired) electrons. The van der Waals surface area contributed by atoms with Gasteiger partial charge in [-0.3, -0.25) is 14.9 Å². The van der Waals surface area contributed by atoms with E-state index in [1.165, 1.54) is 24.3 Å². The number of hydrogen-bond acceptors (Lipinski definition) is 3. The minimum Gasteiger partial charge on any atom is -0.350 e. The highest BCUT2D eigenvalue weighted by Crippen LogP contribution is 2.26. The van der Waals surface area contributed by atoms with Gasteiger partial charge in [0, 0.05) is 36.3 Å². The Hall–Kier alpha value is -3.12. The van der Waals surface area contributed by atoms with Gasteiger partial charge in [0.1, 0.15) is 5.02 Å². The number of nitrogens with zero attached hydrogens (tertiary/aromatic N) is 2. The lowest BCUT2D eigenvalue weighted by Crippen LogP contribution is -2.07. The third kappa shape index (κ3) is 3.54. The lowest BCUT2D eigenvalue weighted by Gasteiger charge is -2.05. The predicted octanol–water partition coefficient (Wildman–Crippen LogP) is 4.39. The number of rotatable bonds is 4. The van der Waals surface area contributed by atoms with E-state index in [1.54, 1.807) is 6.07 Å². The van der Waals surface area contributed by atoms with Crippen LogP contribution in [-0.2, 0) is 11.8 Å². The van der Waals surface area contributed by atoms with Crippen LogP contribution < -0.4 is 5.32 Å². The molecule has 0 unspecified atom stereocenters. The molecule has 3 rings (SSSR count). The van der Waals surface area contributed by atoms with Gasteiger partial charge in [0.25, 0.3) is 5.69 Å². The van der Waals surface area contributed by atoms with Crippen molar-refractivity contribution < 1.29 is 9.72 Å². The molecule has 0 aliphatic heterocycles. The molecule has 2 aromatic carbocycles. The quantitative estimate of drug-likeness (QED) is 0.428. The molecule has 1 aromatic heterocycles. The van der Waals surface area contributed by atoms with Gasteiger partial charge in [0.15, 0.2) is 0 Å². The molecule has 1 heterocycles. The van der Waals surface area contributed by atoms with Crippen molar-refractivity contribution in [2.24, 2.45) is 7.05 Å². The van der Waals surface area contributed by atoms with E-state index < -0.39 is 4.92 Å². The van der Waals surface area contributed by atoms with E-state index in [0.717, 1.165) is 10.9 Å². The third-order valence-corrected chi connectivity index (χ3v) is 4.10. The van der Waals surface area contributed by atoms with Gasteiger partial charge in [-0.25, -0.2) is 0 Å². The highest BCUT2D eigenvalue weighted by Gasteiger charge is 2.12. The molecule has 1 N–H and O–H groups in total. The summed E-state index contributed by atoms with van der Waals surface area (Å²) in [7, 11) is 1.93. The van der Waals surface area contributed by atoms with Crippen molar-refractivity contribution in [2.75, 3.05) is 5.32 Å². The largest absolute Gasteiger partial charge is 0.350 e. The average molecular weight is 356 g/mol. The number of nitrogens with one attached hydrogen (secondary N) is 1. The van der Waals surface area contributed by atoms with Crippen LogP contribution in [0.3, 0.4) is 0 Å². The van der Waals surface area contributed by atoms with E-state index in [-0.39, 0.29) is 16.6 Å². The van der Waals surface area contributed by atoms with Crippen LogP contribution in [0.1, 0.15) is 5.56 Å². The zero-order valence-corrected chi connectivity index (χ0v) is 14.0. The number of aromatic nitrogens is 1. The summed E-state index contributed by atoms with van der Waals surface area (Å²) < 4.78 is 1.97. The highest BCUT2D eigenvalue weighted by molar-refractivity contribution is 6.32. The topological polar surface area (TPSA) is 77.2 Å². The summed E-state index contributed by atoms with van der Waals surface area (Å²) in [5, 5.41) is 14.7. The van der Waals surface area contributed by atoms with Crippen LogP contribution in [0.4, 0.5) is 11.4 Å². The number of amides is 1. The van der Waals surface area contributed by atoms with Crippen molar-refractivity contribution in [1.82, 2.24) is 4.57 Å². The maximum atomic E-state index is 12.2. The number of halogens is 1. The van der Waals surface area contributed by atoms with Crippen molar-refractivity contribution in [3.05, 3.63) is 75.4 Å². The summed E-state index contributed by atoms with van der Waals surface area (Å²) in [6.07, 6.45) is 4.75. The summed E-state index contributed by atoms with van der Waals surface area (Å²) in [5.41, 5.74) is 2.03. The highest BCUT2D eigenvalue weighted by atomic mass is 35.5. The number of carbonyl (C=O) groups excluding carboxylic acids is 1. The van der Waals surface area contributed by atoms with Crippen molar-refractivity contribution in [2.45, 2.75) is 0 Å². The Morgan fingerprint density at radius 2 is 2.08 bits per heavy atom. The summed E-state index contributed by atoms with van der Waals surface area (Å²) >= 11 is 5.77. The third-order valence-electron chi connectivity index (χ3n) is 3.78. The van der Waals surface area contributed by atoms with Crippen molar-refractivity contribution in [1.29, 1.82) is 0 Å². The Balaban J connectivity index is 1.79. The first kappa shape index (κ1) is 16.7. The fourth-order valence-corrected chi connectivity index (χ4v) is 2.72. The lowest BCUT2D eigenvalue weighted by molar-refractivity contribution is -0.384. The molecule has 1 amide bonds. The second-order valence-corrected chi connectivity index (χ2v) is 5.86. The van der Waals surface area contributed by atoms with Crippen LogP contribution in [0, 0.1) is 10.1 Å². The molecule has 0 aliphatic rings. The Morgan fingerprint density at radius 1 is 1.28 bits per heavy atom. The average Bonchev–Trinajstić information content (AvgIpc) is 2.96. The molecule has 6 nitrogen and oxygen atoms in total. The molecule has 7 heteroatoms. The molecule has 25 heavy (non-hydrogen) atoms. The number of anilines is 1. The van der Waals surface area contributed by atoms with Crippen molar-refractivity contribution in [3.63, 3.8) is 0 Å². The van der Waals surface area contributed by atoms with Gasteiger partial charge in [-0.05, 0) is 35.9 Å². The smallest absolute Gasteiger partial charge is 0.288 e. The van der Waals surface area contributed by atoms with Crippen LogP contribution >= 0.6 is 11.6 Å². The number of benzene rings is 2. The van der Waals surface area contributed by atoms with Crippen molar-refractivity contribution >= 4 is 45.9 Å². The summed E-state index contributed by atoms with van der Waals surface area (Å²) in [6.45, 7) is 0. The molecule has 126 valence electrons. The maximum Gasteiger partial charge on any atom is 0.288 e. The first-order valence-corrected chi connectivity index (χ1v) is 7.80. The Labute approximate surface area is 148 Å². The van der Waals surface area contributed by atoms with E-state index in [9.17, 15) is 14.9 Å². The van der Waals surface area contributed by atoms with E-state index in [4.69, 9.17) is 11.6 Å². The Kier molecular flexibility index (Phi) is 4.54. The standard InChI is InChI=1S/C18H14ClN3O3/c1-21-10-9-13-15(3-2-4-16(13)21)20-18(23)8-6-12-5-7-14(19)17(11-12)22(24)25/h2-11H,1H3,(H,20,23)/b8-6+. The second-order valence-electron chi connectivity index (χ2n) is 5.46. The minimum absolute atomic E-state index is 0.0577. The first-order valence-electron chi connectivity index (χ1n) is 7.43. The first-order chi connectivity index (χ1) is 12.0. The second kappa shape index (κ2) is 6.78. The Bertz CT molecular complexity index is 1010. The normalized spacial score (nSPS) is 11.1. The zero-order chi connectivity index (χ0) is 18.0. The van der Waals surface area contributed by atoms with Gasteiger partial charge >= 0.3 is 0 Å². The van der Waals surface area contributed by atoms with Gasteiger partial charge < -0.3 is 9.88 Å². The van der Waals surface area contributed by atoms with Gasteiger partial charge in [-0.2, -0.15) is 0 Å². The molecule has 0 spiro atoms. The molecule has 0 bridgehead atoms. The molecule has 0 aliphatic carbocycles.